The van der Waals surface area contributed by atoms with Gasteiger partial charge < -0.3 is 15.0 Å². The second kappa shape index (κ2) is 9.28. The quantitative estimate of drug-likeness (QED) is 0.363. The summed E-state index contributed by atoms with van der Waals surface area (Å²) in [5, 5.41) is 6.68. The fourth-order valence-corrected chi connectivity index (χ4v) is 6.42. The Morgan fingerprint density at radius 1 is 1.23 bits per heavy atom. The first-order valence-electron chi connectivity index (χ1n) is 12.0. The molecule has 3 heterocycles. The number of aryl methyl sites for hydroxylation is 1. The van der Waals surface area contributed by atoms with E-state index >= 15 is 0 Å². The van der Waals surface area contributed by atoms with Crippen molar-refractivity contribution in [1.29, 1.82) is 0 Å². The van der Waals surface area contributed by atoms with Crippen LogP contribution < -0.4 is 15.6 Å². The molecule has 2 aromatic carbocycles. The predicted octanol–water partition coefficient (Wildman–Crippen LogP) is 4.08. The van der Waals surface area contributed by atoms with Crippen molar-refractivity contribution in [3.05, 3.63) is 87.3 Å². The number of ether oxygens (including phenoxy) is 1. The van der Waals surface area contributed by atoms with Crippen LogP contribution in [0, 0.1) is 0 Å². The number of hydrogen-bond acceptors (Lipinski definition) is 6. The molecule has 2 N–H and O–H groups in total. The number of nitrogens with zero attached hydrogens (tertiary/aromatic N) is 3. The number of nitrogens with one attached hydrogen (secondary N) is 2. The van der Waals surface area contributed by atoms with Crippen molar-refractivity contribution in [3.8, 4) is 5.75 Å². The summed E-state index contributed by atoms with van der Waals surface area (Å²) in [6.07, 6.45) is 9.11. The Hall–Kier alpha value is -3.49. The summed E-state index contributed by atoms with van der Waals surface area (Å²) in [6, 6.07) is 12.6. The average molecular weight is 486 g/mol. The van der Waals surface area contributed by atoms with Crippen molar-refractivity contribution in [3.63, 3.8) is 0 Å². The zero-order valence-corrected chi connectivity index (χ0v) is 20.4. The molecule has 1 atom stereocenters. The third kappa shape index (κ3) is 4.13. The van der Waals surface area contributed by atoms with Gasteiger partial charge in [-0.25, -0.2) is 9.97 Å². The lowest BCUT2D eigenvalue weighted by Crippen LogP contribution is -2.35. The van der Waals surface area contributed by atoms with E-state index in [0.29, 0.717) is 12.6 Å². The third-order valence-corrected chi connectivity index (χ3v) is 8.11. The van der Waals surface area contributed by atoms with Crippen molar-refractivity contribution in [2.75, 3.05) is 13.7 Å². The highest BCUT2D eigenvalue weighted by Gasteiger charge is 2.25. The minimum atomic E-state index is 0.0347. The first-order chi connectivity index (χ1) is 17.2. The Balaban J connectivity index is 1.28. The summed E-state index contributed by atoms with van der Waals surface area (Å²) >= 11 is 1.67. The van der Waals surface area contributed by atoms with Gasteiger partial charge in [-0.05, 0) is 41.7 Å². The van der Waals surface area contributed by atoms with E-state index in [9.17, 15) is 4.79 Å². The van der Waals surface area contributed by atoms with E-state index in [0.717, 1.165) is 70.2 Å². The molecule has 0 spiro atoms. The summed E-state index contributed by atoms with van der Waals surface area (Å²) in [6.45, 7) is 1.32. The molecule has 3 aromatic heterocycles. The maximum atomic E-state index is 13.6. The molecule has 0 amide bonds. The van der Waals surface area contributed by atoms with Gasteiger partial charge in [-0.2, -0.15) is 0 Å². The van der Waals surface area contributed by atoms with Gasteiger partial charge in [0.2, 0.25) is 0 Å². The Bertz CT molecular complexity index is 1550. The largest absolute Gasteiger partial charge is 0.496 e. The maximum absolute atomic E-state index is 13.6. The van der Waals surface area contributed by atoms with Crippen molar-refractivity contribution < 1.29 is 4.74 Å². The predicted molar refractivity (Wildman–Crippen MR) is 140 cm³/mol. The topological polar surface area (TPSA) is 84.8 Å². The second-order valence-corrected chi connectivity index (χ2v) is 10.1. The molecule has 0 saturated carbocycles. The van der Waals surface area contributed by atoms with Gasteiger partial charge in [-0.15, -0.1) is 11.3 Å². The van der Waals surface area contributed by atoms with Crippen LogP contribution in [-0.2, 0) is 25.8 Å². The highest BCUT2D eigenvalue weighted by atomic mass is 32.1. The van der Waals surface area contributed by atoms with Gasteiger partial charge >= 0.3 is 0 Å². The molecule has 35 heavy (non-hydrogen) atoms. The molecule has 0 fully saturated rings. The number of hydrogen-bond donors (Lipinski definition) is 2. The van der Waals surface area contributed by atoms with Gasteiger partial charge in [0.15, 0.2) is 0 Å². The van der Waals surface area contributed by atoms with Crippen LogP contribution in [-0.4, -0.2) is 39.2 Å². The number of thiophene rings is 1. The number of benzene rings is 2. The van der Waals surface area contributed by atoms with Crippen molar-refractivity contribution in [1.82, 2.24) is 24.8 Å². The molecule has 178 valence electrons. The second-order valence-electron chi connectivity index (χ2n) is 9.03. The molecule has 0 aliphatic heterocycles. The molecular formula is C27H27N5O2S. The number of aromatic nitrogens is 4. The lowest BCUT2D eigenvalue weighted by atomic mass is 9.93. The monoisotopic (exact) mass is 485 g/mol. The Kier molecular flexibility index (Phi) is 5.83. The number of H-pyrrole nitrogens is 1. The fourth-order valence-electron chi connectivity index (χ4n) is 5.16. The molecule has 6 rings (SSSR count). The first-order valence-corrected chi connectivity index (χ1v) is 12.8. The third-order valence-electron chi connectivity index (χ3n) is 6.95. The smallest absolute Gasteiger partial charge is 0.262 e. The summed E-state index contributed by atoms with van der Waals surface area (Å²) < 4.78 is 7.38. The van der Waals surface area contributed by atoms with Gasteiger partial charge in [0.25, 0.3) is 5.56 Å². The molecule has 5 aromatic rings. The minimum Gasteiger partial charge on any atom is -0.496 e. The van der Waals surface area contributed by atoms with E-state index in [2.05, 4.69) is 33.5 Å². The van der Waals surface area contributed by atoms with Crippen LogP contribution in [0.1, 0.15) is 28.1 Å². The minimum absolute atomic E-state index is 0.0347. The lowest BCUT2D eigenvalue weighted by Gasteiger charge is -2.23. The Morgan fingerprint density at radius 2 is 2.14 bits per heavy atom. The van der Waals surface area contributed by atoms with Crippen LogP contribution in [0.5, 0.6) is 5.75 Å². The molecular weight excluding hydrogens is 458 g/mol. The summed E-state index contributed by atoms with van der Waals surface area (Å²) in [5.41, 5.74) is 3.29. The summed E-state index contributed by atoms with van der Waals surface area (Å²) in [5.74, 6) is 0.784. The van der Waals surface area contributed by atoms with Crippen LogP contribution >= 0.6 is 11.3 Å². The van der Waals surface area contributed by atoms with Crippen molar-refractivity contribution in [2.45, 2.75) is 38.3 Å². The van der Waals surface area contributed by atoms with Gasteiger partial charge in [0, 0.05) is 35.6 Å². The fraction of sp³-hybridized carbons (Fsp3) is 0.296. The number of imidazole rings is 1. The molecule has 0 saturated heterocycles. The van der Waals surface area contributed by atoms with Gasteiger partial charge in [-0.3, -0.25) is 9.36 Å². The van der Waals surface area contributed by atoms with E-state index in [1.165, 1.54) is 10.4 Å². The average Bonchev–Trinajstić information content (AvgIpc) is 3.53. The Morgan fingerprint density at radius 3 is 3.00 bits per heavy atom. The van der Waals surface area contributed by atoms with E-state index in [-0.39, 0.29) is 5.56 Å². The molecule has 1 unspecified atom stereocenters. The zero-order chi connectivity index (χ0) is 23.8. The molecule has 0 radical (unpaired) electrons. The van der Waals surface area contributed by atoms with Crippen LogP contribution in [0.25, 0.3) is 21.0 Å². The number of aromatic amines is 1. The first kappa shape index (κ1) is 22.0. The lowest BCUT2D eigenvalue weighted by molar-refractivity contribution is 0.409. The molecule has 1 aliphatic rings. The van der Waals surface area contributed by atoms with E-state index in [1.54, 1.807) is 35.7 Å². The van der Waals surface area contributed by atoms with Gasteiger partial charge in [0.1, 0.15) is 10.6 Å². The van der Waals surface area contributed by atoms with Crippen LogP contribution in [0.3, 0.4) is 0 Å². The highest BCUT2D eigenvalue weighted by Crippen LogP contribution is 2.34. The number of rotatable bonds is 7. The molecule has 7 nitrogen and oxygen atoms in total. The molecule has 0 bridgehead atoms. The van der Waals surface area contributed by atoms with E-state index in [1.807, 2.05) is 24.4 Å². The van der Waals surface area contributed by atoms with E-state index < -0.39 is 0 Å². The van der Waals surface area contributed by atoms with Crippen molar-refractivity contribution >= 4 is 32.3 Å². The Labute approximate surface area is 206 Å². The standard InChI is InChI=1S/C27H27N5O2S/c1-34-23-9-6-17-4-2-3-5-20(17)22(23)14-32-16-31-26-25(27(32)33)21-8-7-18(12-24(21)35-26)29-11-10-19-13-28-15-30-19/h2-6,9,13,15-16,18,29H,7-8,10-12,14H2,1H3,(H,28,30). The van der Waals surface area contributed by atoms with Crippen LogP contribution in [0.2, 0.25) is 0 Å². The SMILES string of the molecule is COc1ccc2ccccc2c1Cn1cnc2sc3c(c2c1=O)CCC(NCCc1c[nH]cn1)C3. The zero-order valence-electron chi connectivity index (χ0n) is 19.6. The van der Waals surface area contributed by atoms with Crippen LogP contribution in [0.15, 0.2) is 60.0 Å². The molecule has 1 aliphatic carbocycles. The van der Waals surface area contributed by atoms with Crippen molar-refractivity contribution in [2.24, 2.45) is 0 Å². The van der Waals surface area contributed by atoms with Gasteiger partial charge in [-0.1, -0.05) is 30.3 Å². The summed E-state index contributed by atoms with van der Waals surface area (Å²) in [7, 11) is 1.67. The highest BCUT2D eigenvalue weighted by molar-refractivity contribution is 7.18. The van der Waals surface area contributed by atoms with Gasteiger partial charge in [0.05, 0.1) is 37.4 Å². The maximum Gasteiger partial charge on any atom is 0.262 e. The normalized spacial score (nSPS) is 15.5. The summed E-state index contributed by atoms with van der Waals surface area (Å²) in [4.78, 5) is 27.8. The number of fused-ring (bicyclic) bond motifs is 4. The van der Waals surface area contributed by atoms with E-state index in [4.69, 9.17) is 9.72 Å². The number of methoxy groups -OCH3 is 1. The van der Waals surface area contributed by atoms with Crippen LogP contribution in [0.4, 0.5) is 0 Å². The molecule has 8 heteroatoms.